The predicted octanol–water partition coefficient (Wildman–Crippen LogP) is 2.70. The lowest BCUT2D eigenvalue weighted by atomic mass is 10.1. The van der Waals surface area contributed by atoms with Gasteiger partial charge in [-0.2, -0.15) is 0 Å². The highest BCUT2D eigenvalue weighted by molar-refractivity contribution is 6.31. The van der Waals surface area contributed by atoms with E-state index in [1.54, 1.807) is 7.11 Å². The first-order chi connectivity index (χ1) is 7.93. The third-order valence-electron chi connectivity index (χ3n) is 2.83. The first-order valence-electron chi connectivity index (χ1n) is 5.39. The van der Waals surface area contributed by atoms with Crippen molar-refractivity contribution in [2.75, 3.05) is 12.8 Å². The van der Waals surface area contributed by atoms with Gasteiger partial charge in [-0.25, -0.2) is 4.98 Å². The molecule has 0 bridgehead atoms. The van der Waals surface area contributed by atoms with Gasteiger partial charge in [-0.15, -0.1) is 0 Å². The highest BCUT2D eigenvalue weighted by atomic mass is 35.5. The minimum absolute atomic E-state index is 0.302. The zero-order valence-corrected chi connectivity index (χ0v) is 11.0. The molecule has 2 aromatic rings. The smallest absolute Gasteiger partial charge is 0.201 e. The van der Waals surface area contributed by atoms with E-state index >= 15 is 0 Å². The van der Waals surface area contributed by atoms with Gasteiger partial charge in [0, 0.05) is 12.1 Å². The monoisotopic (exact) mass is 253 g/mol. The fourth-order valence-electron chi connectivity index (χ4n) is 1.73. The molecule has 0 atom stereocenters. The van der Waals surface area contributed by atoms with Crippen molar-refractivity contribution in [3.8, 4) is 0 Å². The van der Waals surface area contributed by atoms with Crippen molar-refractivity contribution in [2.24, 2.45) is 0 Å². The van der Waals surface area contributed by atoms with Gasteiger partial charge < -0.3 is 15.0 Å². The fourth-order valence-corrected chi connectivity index (χ4v) is 1.89. The molecule has 92 valence electrons. The lowest BCUT2D eigenvalue weighted by molar-refractivity contribution is 0.00947. The largest absolute Gasteiger partial charge is 0.377 e. The number of hydrogen-bond acceptors (Lipinski definition) is 3. The summed E-state index contributed by atoms with van der Waals surface area (Å²) in [6.45, 7) is 4.64. The summed E-state index contributed by atoms with van der Waals surface area (Å²) < 4.78 is 7.33. The number of nitrogen functional groups attached to an aromatic ring is 1. The van der Waals surface area contributed by atoms with Crippen LogP contribution in [-0.4, -0.2) is 22.3 Å². The Morgan fingerprint density at radius 3 is 2.82 bits per heavy atom. The van der Waals surface area contributed by atoms with E-state index in [4.69, 9.17) is 22.1 Å². The van der Waals surface area contributed by atoms with Crippen LogP contribution in [0.5, 0.6) is 0 Å². The Kier molecular flexibility index (Phi) is 3.02. The second-order valence-electron chi connectivity index (χ2n) is 4.65. The maximum absolute atomic E-state index is 5.99. The molecule has 0 radical (unpaired) electrons. The van der Waals surface area contributed by atoms with E-state index in [9.17, 15) is 0 Å². The molecule has 0 unspecified atom stereocenters. The van der Waals surface area contributed by atoms with Gasteiger partial charge in [0.15, 0.2) is 0 Å². The van der Waals surface area contributed by atoms with Crippen LogP contribution in [0.15, 0.2) is 18.2 Å². The summed E-state index contributed by atoms with van der Waals surface area (Å²) in [5.74, 6) is 0.479. The summed E-state index contributed by atoms with van der Waals surface area (Å²) in [6.07, 6.45) is 0. The average molecular weight is 254 g/mol. The second kappa shape index (κ2) is 4.20. The van der Waals surface area contributed by atoms with E-state index in [2.05, 4.69) is 4.98 Å². The van der Waals surface area contributed by atoms with Crippen molar-refractivity contribution < 1.29 is 4.74 Å². The maximum atomic E-state index is 5.99. The van der Waals surface area contributed by atoms with E-state index in [-0.39, 0.29) is 5.60 Å². The number of halogens is 1. The molecule has 17 heavy (non-hydrogen) atoms. The normalized spacial score (nSPS) is 12.2. The SMILES string of the molecule is COC(C)(C)Cn1c(N)nc2ccc(Cl)cc21. The van der Waals surface area contributed by atoms with E-state index in [0.29, 0.717) is 17.5 Å². The predicted molar refractivity (Wildman–Crippen MR) is 70.2 cm³/mol. The number of nitrogens with zero attached hydrogens (tertiary/aromatic N) is 2. The minimum Gasteiger partial charge on any atom is -0.377 e. The number of nitrogens with two attached hydrogens (primary N) is 1. The van der Waals surface area contributed by atoms with Crippen molar-refractivity contribution in [1.29, 1.82) is 0 Å². The van der Waals surface area contributed by atoms with Crippen molar-refractivity contribution in [3.63, 3.8) is 0 Å². The maximum Gasteiger partial charge on any atom is 0.201 e. The molecule has 0 saturated heterocycles. The van der Waals surface area contributed by atoms with Gasteiger partial charge in [-0.3, -0.25) is 0 Å². The topological polar surface area (TPSA) is 53.1 Å². The molecule has 4 nitrogen and oxygen atoms in total. The number of ether oxygens (including phenoxy) is 1. The van der Waals surface area contributed by atoms with Crippen molar-refractivity contribution >= 4 is 28.6 Å². The van der Waals surface area contributed by atoms with Crippen LogP contribution in [0, 0.1) is 0 Å². The molecule has 0 amide bonds. The molecule has 0 saturated carbocycles. The number of imidazole rings is 1. The minimum atomic E-state index is -0.302. The zero-order valence-electron chi connectivity index (χ0n) is 10.2. The number of rotatable bonds is 3. The summed E-state index contributed by atoms with van der Waals surface area (Å²) in [7, 11) is 1.68. The van der Waals surface area contributed by atoms with Gasteiger partial charge in [-0.05, 0) is 32.0 Å². The van der Waals surface area contributed by atoms with Crippen LogP contribution in [-0.2, 0) is 11.3 Å². The molecule has 0 fully saturated rings. The molecule has 5 heteroatoms. The summed E-state index contributed by atoms with van der Waals surface area (Å²) >= 11 is 5.99. The Hall–Kier alpha value is -1.26. The number of benzene rings is 1. The molecular formula is C12H16ClN3O. The molecule has 1 heterocycles. The van der Waals surface area contributed by atoms with Gasteiger partial charge in [0.05, 0.1) is 23.2 Å². The Bertz CT molecular complexity index is 548. The summed E-state index contributed by atoms with van der Waals surface area (Å²) in [6, 6.07) is 5.54. The molecule has 1 aromatic carbocycles. The standard InChI is InChI=1S/C12H16ClN3O/c1-12(2,17-3)7-16-10-6-8(13)4-5-9(10)15-11(16)14/h4-6H,7H2,1-3H3,(H2,14,15). The molecular weight excluding hydrogens is 238 g/mol. The second-order valence-corrected chi connectivity index (χ2v) is 5.09. The number of aromatic nitrogens is 2. The molecule has 0 aliphatic rings. The highest BCUT2D eigenvalue weighted by Gasteiger charge is 2.20. The van der Waals surface area contributed by atoms with E-state index in [1.807, 2.05) is 36.6 Å². The molecule has 1 aromatic heterocycles. The number of anilines is 1. The van der Waals surface area contributed by atoms with E-state index in [1.165, 1.54) is 0 Å². The van der Waals surface area contributed by atoms with Gasteiger partial charge in [-0.1, -0.05) is 11.6 Å². The molecule has 0 aliphatic carbocycles. The summed E-state index contributed by atoms with van der Waals surface area (Å²) in [5, 5.41) is 0.675. The number of hydrogen-bond donors (Lipinski definition) is 1. The molecule has 0 spiro atoms. The van der Waals surface area contributed by atoms with Gasteiger partial charge in [0.1, 0.15) is 0 Å². The van der Waals surface area contributed by atoms with E-state index < -0.39 is 0 Å². The van der Waals surface area contributed by atoms with Gasteiger partial charge >= 0.3 is 0 Å². The van der Waals surface area contributed by atoms with Crippen LogP contribution < -0.4 is 5.73 Å². The highest BCUT2D eigenvalue weighted by Crippen LogP contribution is 2.24. The number of methoxy groups -OCH3 is 1. The van der Waals surface area contributed by atoms with Crippen LogP contribution >= 0.6 is 11.6 Å². The van der Waals surface area contributed by atoms with Crippen molar-refractivity contribution in [2.45, 2.75) is 26.0 Å². The first kappa shape index (κ1) is 12.2. The van der Waals surface area contributed by atoms with Gasteiger partial charge in [0.25, 0.3) is 0 Å². The lowest BCUT2D eigenvalue weighted by Crippen LogP contribution is -2.29. The number of fused-ring (bicyclic) bond motifs is 1. The molecule has 0 aliphatic heterocycles. The summed E-state index contributed by atoms with van der Waals surface area (Å²) in [5.41, 5.74) is 7.39. The van der Waals surface area contributed by atoms with Crippen molar-refractivity contribution in [1.82, 2.24) is 9.55 Å². The van der Waals surface area contributed by atoms with Gasteiger partial charge in [0.2, 0.25) is 5.95 Å². The third kappa shape index (κ3) is 2.37. The average Bonchev–Trinajstić information content (AvgIpc) is 2.56. The quantitative estimate of drug-likeness (QED) is 0.915. The fraction of sp³-hybridized carbons (Fsp3) is 0.417. The van der Waals surface area contributed by atoms with Crippen LogP contribution in [0.2, 0.25) is 5.02 Å². The lowest BCUT2D eigenvalue weighted by Gasteiger charge is -2.24. The van der Waals surface area contributed by atoms with Crippen LogP contribution in [0.3, 0.4) is 0 Å². The third-order valence-corrected chi connectivity index (χ3v) is 3.07. The zero-order chi connectivity index (χ0) is 12.6. The Balaban J connectivity index is 2.52. The van der Waals surface area contributed by atoms with Crippen LogP contribution in [0.25, 0.3) is 11.0 Å². The first-order valence-corrected chi connectivity index (χ1v) is 5.77. The summed E-state index contributed by atoms with van der Waals surface area (Å²) in [4.78, 5) is 4.30. The Morgan fingerprint density at radius 2 is 2.18 bits per heavy atom. The van der Waals surface area contributed by atoms with Crippen LogP contribution in [0.1, 0.15) is 13.8 Å². The van der Waals surface area contributed by atoms with E-state index in [0.717, 1.165) is 11.0 Å². The molecule has 2 N–H and O–H groups in total. The molecule has 2 rings (SSSR count). The Morgan fingerprint density at radius 1 is 1.47 bits per heavy atom. The van der Waals surface area contributed by atoms with Crippen molar-refractivity contribution in [3.05, 3.63) is 23.2 Å². The Labute approximate surface area is 105 Å². The van der Waals surface area contributed by atoms with Crippen LogP contribution in [0.4, 0.5) is 5.95 Å².